The molecule has 1 aliphatic rings. The van der Waals surface area contributed by atoms with Gasteiger partial charge in [0.25, 0.3) is 5.91 Å². The maximum Gasteiger partial charge on any atom is 0.251 e. The van der Waals surface area contributed by atoms with E-state index in [1.54, 1.807) is 7.05 Å². The maximum atomic E-state index is 12.5. The lowest BCUT2D eigenvalue weighted by Crippen LogP contribution is -2.19. The van der Waals surface area contributed by atoms with Crippen LogP contribution in [0.25, 0.3) is 22.3 Å². The summed E-state index contributed by atoms with van der Waals surface area (Å²) < 4.78 is 0. The van der Waals surface area contributed by atoms with Crippen LogP contribution >= 0.6 is 0 Å². The molecule has 0 saturated heterocycles. The normalized spacial score (nSPS) is 12.6. The first-order valence-electron chi connectivity index (χ1n) is 17.4. The van der Waals surface area contributed by atoms with Gasteiger partial charge in [-0.05, 0) is 82.9 Å². The number of carbonyl (C=O) groups excluding carboxylic acids is 1. The van der Waals surface area contributed by atoms with Gasteiger partial charge in [-0.2, -0.15) is 0 Å². The predicted molar refractivity (Wildman–Crippen MR) is 207 cm³/mol. The van der Waals surface area contributed by atoms with Crippen molar-refractivity contribution in [3.05, 3.63) is 236 Å². The van der Waals surface area contributed by atoms with E-state index in [2.05, 4.69) is 153 Å². The van der Waals surface area contributed by atoms with Crippen molar-refractivity contribution in [3.63, 3.8) is 0 Å². The molecule has 0 atom stereocenters. The number of rotatable bonds is 5. The highest BCUT2D eigenvalue weighted by Gasteiger charge is 2.18. The minimum absolute atomic E-state index is 0.119. The molecular formula is C46H35N5O. The monoisotopic (exact) mass is 673 g/mol. The Balaban J connectivity index is 1.41. The van der Waals surface area contributed by atoms with Crippen molar-refractivity contribution in [2.75, 3.05) is 7.05 Å². The Bertz CT molecular complexity index is 2820. The molecule has 0 saturated carbocycles. The van der Waals surface area contributed by atoms with Crippen LogP contribution in [0.5, 0.6) is 0 Å². The molecule has 5 N–H and O–H groups in total. The van der Waals surface area contributed by atoms with Crippen molar-refractivity contribution in [2.45, 2.75) is 0 Å². The molecule has 9 rings (SSSR count). The Morgan fingerprint density at radius 1 is 0.365 bits per heavy atom. The van der Waals surface area contributed by atoms with Gasteiger partial charge in [0.15, 0.2) is 0 Å². The highest BCUT2D eigenvalue weighted by molar-refractivity contribution is 5.94. The average Bonchev–Trinajstić information content (AvgIpc) is 4.04. The summed E-state index contributed by atoms with van der Waals surface area (Å²) in [6.45, 7) is 0. The number of amides is 1. The molecule has 0 spiro atoms. The third-order valence-electron chi connectivity index (χ3n) is 9.75. The van der Waals surface area contributed by atoms with Gasteiger partial charge in [0.2, 0.25) is 0 Å². The van der Waals surface area contributed by atoms with Gasteiger partial charge in [0, 0.05) is 79.1 Å². The Kier molecular flexibility index (Phi) is 7.75. The largest absolute Gasteiger partial charge is 0.355 e. The van der Waals surface area contributed by atoms with Crippen LogP contribution in [0.4, 0.5) is 0 Å². The van der Waals surface area contributed by atoms with Gasteiger partial charge >= 0.3 is 0 Å². The maximum absolute atomic E-state index is 12.5. The standard InChI is InChI=1S/C46H35N5O/c1-47-46(52)33-19-17-32(18-20-33)45-40-27-25-38(50-40)43(30-13-7-3-8-14-30)36-23-21-34(48-36)42(29-11-5-2-6-12-29)35-22-24-37(49-35)44(31-15-9-4-10-16-31)39-26-28-41(45)51-39/h2-28,48-51H,1H3,(H,47,52). The van der Waals surface area contributed by atoms with Crippen molar-refractivity contribution in [1.82, 2.24) is 25.3 Å². The zero-order valence-electron chi connectivity index (χ0n) is 28.5. The Morgan fingerprint density at radius 3 is 0.981 bits per heavy atom. The summed E-state index contributed by atoms with van der Waals surface area (Å²) in [7, 11) is 1.65. The van der Waals surface area contributed by atoms with Crippen molar-refractivity contribution in [1.29, 1.82) is 0 Å². The molecule has 8 aromatic rings. The van der Waals surface area contributed by atoms with Crippen molar-refractivity contribution in [3.8, 4) is 0 Å². The summed E-state index contributed by atoms with van der Waals surface area (Å²) in [5.74, 6) is -0.119. The number of aromatic nitrogens is 4. The first kappa shape index (κ1) is 31.0. The summed E-state index contributed by atoms with van der Waals surface area (Å²) in [5, 5.41) is 6.66. The fourth-order valence-corrected chi connectivity index (χ4v) is 7.32. The van der Waals surface area contributed by atoms with E-state index in [9.17, 15) is 4.79 Å². The lowest BCUT2D eigenvalue weighted by Gasteiger charge is -2.10. The van der Waals surface area contributed by atoms with Crippen LogP contribution in [0.1, 0.15) is 55.4 Å². The summed E-state index contributed by atoms with van der Waals surface area (Å²) in [4.78, 5) is 27.7. The highest BCUT2D eigenvalue weighted by atomic mass is 16.1. The van der Waals surface area contributed by atoms with E-state index in [1.165, 1.54) is 0 Å². The van der Waals surface area contributed by atoms with Gasteiger partial charge < -0.3 is 25.3 Å². The number of hydrogen-bond donors (Lipinski definition) is 5. The summed E-state index contributed by atoms with van der Waals surface area (Å²) in [6.07, 6.45) is 0. The van der Waals surface area contributed by atoms with Gasteiger partial charge in [-0.25, -0.2) is 0 Å². The number of benzene rings is 4. The van der Waals surface area contributed by atoms with Gasteiger partial charge in [-0.15, -0.1) is 0 Å². The van der Waals surface area contributed by atoms with Gasteiger partial charge in [-0.3, -0.25) is 4.79 Å². The molecule has 250 valence electrons. The van der Waals surface area contributed by atoms with Crippen LogP contribution in [0.2, 0.25) is 0 Å². The van der Waals surface area contributed by atoms with Crippen LogP contribution in [0, 0.1) is 0 Å². The van der Waals surface area contributed by atoms with E-state index in [-0.39, 0.29) is 5.91 Å². The number of aromatic amines is 4. The van der Waals surface area contributed by atoms with Gasteiger partial charge in [0.1, 0.15) is 0 Å². The zero-order chi connectivity index (χ0) is 35.0. The predicted octanol–water partition coefficient (Wildman–Crippen LogP) is 5.66. The van der Waals surface area contributed by atoms with E-state index in [1.807, 2.05) is 36.4 Å². The second-order valence-electron chi connectivity index (χ2n) is 12.9. The molecule has 6 nitrogen and oxygen atoms in total. The second kappa shape index (κ2) is 13.0. The fourth-order valence-electron chi connectivity index (χ4n) is 7.32. The first-order chi connectivity index (χ1) is 25.6. The number of carbonyl (C=O) groups is 1. The molecule has 1 amide bonds. The molecule has 8 bridgehead atoms. The number of nitrogens with one attached hydrogen (secondary N) is 5. The minimum Gasteiger partial charge on any atom is -0.355 e. The molecule has 1 aliphatic heterocycles. The average molecular weight is 674 g/mol. The highest BCUT2D eigenvalue weighted by Crippen LogP contribution is 2.28. The molecular weight excluding hydrogens is 639 g/mol. The molecule has 52 heavy (non-hydrogen) atoms. The Hall–Kier alpha value is -7.05. The summed E-state index contributed by atoms with van der Waals surface area (Å²) in [5.41, 5.74) is 13.0. The van der Waals surface area contributed by atoms with Crippen LogP contribution in [-0.4, -0.2) is 32.9 Å². The molecule has 5 heterocycles. The smallest absolute Gasteiger partial charge is 0.251 e. The summed E-state index contributed by atoms with van der Waals surface area (Å²) >= 11 is 0. The lowest BCUT2D eigenvalue weighted by atomic mass is 10.0. The lowest BCUT2D eigenvalue weighted by molar-refractivity contribution is 0.0963. The first-order valence-corrected chi connectivity index (χ1v) is 17.4. The van der Waals surface area contributed by atoms with Crippen LogP contribution in [0.15, 0.2) is 164 Å². The van der Waals surface area contributed by atoms with Crippen molar-refractivity contribution < 1.29 is 4.79 Å². The second-order valence-corrected chi connectivity index (χ2v) is 12.9. The number of hydrogen-bond acceptors (Lipinski definition) is 1. The van der Waals surface area contributed by atoms with E-state index in [4.69, 9.17) is 0 Å². The van der Waals surface area contributed by atoms with Crippen LogP contribution in [0.3, 0.4) is 0 Å². The van der Waals surface area contributed by atoms with E-state index in [0.29, 0.717) is 5.56 Å². The van der Waals surface area contributed by atoms with Crippen LogP contribution in [-0.2, 0) is 0 Å². The molecule has 4 aromatic heterocycles. The van der Waals surface area contributed by atoms with E-state index in [0.717, 1.165) is 88.7 Å². The fraction of sp³-hybridized carbons (Fsp3) is 0.0217. The molecule has 6 heteroatoms. The quantitative estimate of drug-likeness (QED) is 0.160. The molecule has 0 aliphatic carbocycles. The van der Waals surface area contributed by atoms with Gasteiger partial charge in [0.05, 0.1) is 0 Å². The third kappa shape index (κ3) is 5.53. The van der Waals surface area contributed by atoms with E-state index < -0.39 is 0 Å². The molecule has 0 fully saturated rings. The third-order valence-corrected chi connectivity index (χ3v) is 9.75. The zero-order valence-corrected chi connectivity index (χ0v) is 28.5. The van der Waals surface area contributed by atoms with Crippen molar-refractivity contribution in [2.24, 2.45) is 0 Å². The van der Waals surface area contributed by atoms with Crippen LogP contribution < -0.4 is 26.7 Å². The van der Waals surface area contributed by atoms with E-state index >= 15 is 0 Å². The Morgan fingerprint density at radius 2 is 0.673 bits per heavy atom. The van der Waals surface area contributed by atoms with Crippen molar-refractivity contribution >= 4 is 28.2 Å². The number of fused-ring (bicyclic) bond motifs is 8. The van der Waals surface area contributed by atoms with Gasteiger partial charge in [-0.1, -0.05) is 103 Å². The molecule has 0 unspecified atom stereocenters. The topological polar surface area (TPSA) is 92.3 Å². The SMILES string of the molecule is CNC(=O)c1ccc(C2=c3ccc([nH]3)=C(c3ccccc3)c3ccc([nH]3)C(c3ccccc3)=c3ccc([nH]3)=C(c3ccccc3)c3ccc2[nH]3)cc1. The molecule has 4 aromatic carbocycles. The Labute approximate surface area is 300 Å². The molecule has 0 radical (unpaired) electrons. The minimum atomic E-state index is -0.119. The number of H-pyrrole nitrogens is 4. The summed E-state index contributed by atoms with van der Waals surface area (Å²) in [6, 6.07) is 56.5.